The topological polar surface area (TPSA) is 94.5 Å². The smallest absolute Gasteiger partial charge is 0.296 e. The van der Waals surface area contributed by atoms with Crippen LogP contribution in [0.15, 0.2) is 58.7 Å². The molecule has 0 bridgehead atoms. The van der Waals surface area contributed by atoms with Crippen LogP contribution in [0.4, 0.5) is 0 Å². The maximum absolute atomic E-state index is 12.4. The highest BCUT2D eigenvalue weighted by atomic mass is 16.3. The first-order chi connectivity index (χ1) is 11.1. The number of rotatable bonds is 3. The summed E-state index contributed by atoms with van der Waals surface area (Å²) in [4.78, 5) is 25.6. The van der Waals surface area contributed by atoms with Gasteiger partial charge in [-0.1, -0.05) is 30.3 Å². The van der Waals surface area contributed by atoms with Crippen LogP contribution < -0.4 is 0 Å². The van der Waals surface area contributed by atoms with E-state index in [-0.39, 0.29) is 17.9 Å². The van der Waals surface area contributed by atoms with E-state index >= 15 is 0 Å². The van der Waals surface area contributed by atoms with Crippen molar-refractivity contribution in [3.8, 4) is 6.07 Å². The fourth-order valence-corrected chi connectivity index (χ4v) is 2.61. The lowest BCUT2D eigenvalue weighted by atomic mass is 9.99. The Morgan fingerprint density at radius 2 is 1.96 bits per heavy atom. The lowest BCUT2D eigenvalue weighted by Gasteiger charge is -2.20. The van der Waals surface area contributed by atoms with Crippen LogP contribution in [0, 0.1) is 11.3 Å². The summed E-state index contributed by atoms with van der Waals surface area (Å²) in [5, 5.41) is 19.4. The van der Waals surface area contributed by atoms with Crippen molar-refractivity contribution in [2.24, 2.45) is 0 Å². The lowest BCUT2D eigenvalue weighted by molar-refractivity contribution is -0.139. The zero-order valence-electron chi connectivity index (χ0n) is 12.0. The maximum Gasteiger partial charge on any atom is 0.296 e. The fourth-order valence-electron chi connectivity index (χ4n) is 2.61. The number of likely N-dealkylation sites (tertiary alicyclic amines) is 1. The molecule has 0 spiro atoms. The molecule has 0 radical (unpaired) electrons. The average molecular weight is 308 g/mol. The summed E-state index contributed by atoms with van der Waals surface area (Å²) in [5.41, 5.74) is 0.338. The molecule has 23 heavy (non-hydrogen) atoms. The second-order valence-corrected chi connectivity index (χ2v) is 4.97. The van der Waals surface area contributed by atoms with Crippen molar-refractivity contribution in [1.82, 2.24) is 4.90 Å². The molecule has 1 aromatic carbocycles. The highest BCUT2D eigenvalue weighted by Crippen LogP contribution is 2.39. The summed E-state index contributed by atoms with van der Waals surface area (Å²) in [5.74, 6) is -1.63. The van der Waals surface area contributed by atoms with Gasteiger partial charge in [0.15, 0.2) is 0 Å². The third-order valence-electron chi connectivity index (χ3n) is 3.64. The molecule has 1 unspecified atom stereocenters. The summed E-state index contributed by atoms with van der Waals surface area (Å²) < 4.78 is 5.31. The summed E-state index contributed by atoms with van der Waals surface area (Å²) in [6.45, 7) is -0.276. The van der Waals surface area contributed by atoms with Crippen molar-refractivity contribution in [3.05, 3.63) is 65.6 Å². The number of hydrogen-bond donors (Lipinski definition) is 1. The van der Waals surface area contributed by atoms with Crippen LogP contribution >= 0.6 is 0 Å². The van der Waals surface area contributed by atoms with Gasteiger partial charge in [-0.05, 0) is 12.1 Å². The molecule has 1 aromatic heterocycles. The van der Waals surface area contributed by atoms with Gasteiger partial charge in [-0.25, -0.2) is 0 Å². The molecule has 2 heterocycles. The van der Waals surface area contributed by atoms with E-state index in [4.69, 9.17) is 9.68 Å². The van der Waals surface area contributed by atoms with E-state index in [9.17, 15) is 14.7 Å². The van der Waals surface area contributed by atoms with Crippen molar-refractivity contribution in [3.63, 3.8) is 0 Å². The standard InChI is InChI=1S/C17H12N2O4/c18-8-9-19-14(12-7-4-10-23-12)13(16(21)17(19)22)15(20)11-5-2-1-3-6-11/h1-7,10,14,20H,9H2/b15-13-. The number of furan rings is 1. The predicted molar refractivity (Wildman–Crippen MR) is 79.8 cm³/mol. The van der Waals surface area contributed by atoms with E-state index in [2.05, 4.69) is 0 Å². The molecule has 3 rings (SSSR count). The first-order valence-electron chi connectivity index (χ1n) is 6.89. The molecule has 1 aliphatic rings. The third kappa shape index (κ3) is 2.38. The largest absolute Gasteiger partial charge is 0.507 e. The number of benzene rings is 1. The third-order valence-corrected chi connectivity index (χ3v) is 3.64. The van der Waals surface area contributed by atoms with Crippen molar-refractivity contribution >= 4 is 17.4 Å². The van der Waals surface area contributed by atoms with Gasteiger partial charge in [0.1, 0.15) is 24.1 Å². The molecule has 114 valence electrons. The van der Waals surface area contributed by atoms with Gasteiger partial charge in [-0.15, -0.1) is 0 Å². The zero-order valence-corrected chi connectivity index (χ0v) is 12.0. The molecule has 1 aliphatic heterocycles. The highest BCUT2D eigenvalue weighted by Gasteiger charge is 2.47. The second kappa shape index (κ2) is 5.81. The van der Waals surface area contributed by atoms with Crippen molar-refractivity contribution in [2.45, 2.75) is 6.04 Å². The minimum Gasteiger partial charge on any atom is -0.507 e. The Hall–Kier alpha value is -3.33. The Bertz CT molecular complexity index is 816. The van der Waals surface area contributed by atoms with E-state index in [0.29, 0.717) is 11.3 Å². The summed E-state index contributed by atoms with van der Waals surface area (Å²) in [6, 6.07) is 12.6. The number of nitrogens with zero attached hydrogens (tertiary/aromatic N) is 2. The Morgan fingerprint density at radius 3 is 2.57 bits per heavy atom. The Balaban J connectivity index is 2.19. The van der Waals surface area contributed by atoms with E-state index in [1.54, 1.807) is 42.5 Å². The van der Waals surface area contributed by atoms with Crippen LogP contribution in [-0.2, 0) is 9.59 Å². The van der Waals surface area contributed by atoms with Gasteiger partial charge in [0, 0.05) is 5.56 Å². The van der Waals surface area contributed by atoms with Gasteiger partial charge in [0.05, 0.1) is 17.9 Å². The molecule has 6 heteroatoms. The Morgan fingerprint density at radius 1 is 1.22 bits per heavy atom. The molecule has 1 fully saturated rings. The number of ketones is 1. The molecule has 2 aromatic rings. The molecule has 1 amide bonds. The van der Waals surface area contributed by atoms with E-state index < -0.39 is 17.7 Å². The van der Waals surface area contributed by atoms with Gasteiger partial charge in [0.25, 0.3) is 11.7 Å². The number of Topliss-reactive ketones (excluding diaryl/α,β-unsaturated/α-hetero) is 1. The number of hydrogen-bond acceptors (Lipinski definition) is 5. The molecule has 0 saturated carbocycles. The van der Waals surface area contributed by atoms with Gasteiger partial charge in [-0.2, -0.15) is 5.26 Å². The molecule has 1 saturated heterocycles. The normalized spacial score (nSPS) is 19.8. The number of nitriles is 1. The quantitative estimate of drug-likeness (QED) is 0.406. The van der Waals surface area contributed by atoms with Crippen molar-refractivity contribution in [2.75, 3.05) is 6.54 Å². The van der Waals surface area contributed by atoms with Crippen LogP contribution in [0.1, 0.15) is 17.4 Å². The summed E-state index contributed by atoms with van der Waals surface area (Å²) in [6.07, 6.45) is 1.41. The van der Waals surface area contributed by atoms with E-state index in [1.807, 2.05) is 6.07 Å². The molecule has 6 nitrogen and oxygen atoms in total. The van der Waals surface area contributed by atoms with Crippen LogP contribution in [0.2, 0.25) is 0 Å². The van der Waals surface area contributed by atoms with Crippen molar-refractivity contribution < 1.29 is 19.1 Å². The van der Waals surface area contributed by atoms with Gasteiger partial charge < -0.3 is 14.4 Å². The minimum atomic E-state index is -0.912. The number of aliphatic hydroxyl groups is 1. The highest BCUT2D eigenvalue weighted by molar-refractivity contribution is 6.46. The van der Waals surface area contributed by atoms with Crippen LogP contribution in [-0.4, -0.2) is 28.2 Å². The fraction of sp³-hybridized carbons (Fsp3) is 0.118. The number of amides is 1. The molecule has 1 N–H and O–H groups in total. The summed E-state index contributed by atoms with van der Waals surface area (Å²) in [7, 11) is 0. The van der Waals surface area contributed by atoms with E-state index in [1.165, 1.54) is 6.26 Å². The number of carbonyl (C=O) groups is 2. The Labute approximate surface area is 131 Å². The van der Waals surface area contributed by atoms with Gasteiger partial charge in [-0.3, -0.25) is 9.59 Å². The van der Waals surface area contributed by atoms with Crippen LogP contribution in [0.3, 0.4) is 0 Å². The van der Waals surface area contributed by atoms with E-state index in [0.717, 1.165) is 4.90 Å². The number of carbonyl (C=O) groups excluding carboxylic acids is 2. The zero-order chi connectivity index (χ0) is 16.4. The average Bonchev–Trinajstić information content (AvgIpc) is 3.18. The molecular formula is C17H12N2O4. The molecular weight excluding hydrogens is 296 g/mol. The van der Waals surface area contributed by atoms with Crippen molar-refractivity contribution in [1.29, 1.82) is 5.26 Å². The van der Waals surface area contributed by atoms with Gasteiger partial charge in [0.2, 0.25) is 0 Å². The van der Waals surface area contributed by atoms with Crippen LogP contribution in [0.25, 0.3) is 5.76 Å². The SMILES string of the molecule is N#CCN1C(=O)C(=O)/C(=C(\O)c2ccccc2)C1c1ccco1. The monoisotopic (exact) mass is 308 g/mol. The minimum absolute atomic E-state index is 0.0774. The summed E-state index contributed by atoms with van der Waals surface area (Å²) >= 11 is 0. The number of aliphatic hydroxyl groups excluding tert-OH is 1. The first-order valence-corrected chi connectivity index (χ1v) is 6.89. The molecule has 1 atom stereocenters. The maximum atomic E-state index is 12.4. The van der Waals surface area contributed by atoms with Gasteiger partial charge >= 0.3 is 0 Å². The Kier molecular flexibility index (Phi) is 3.69. The first kappa shape index (κ1) is 14.6. The lowest BCUT2D eigenvalue weighted by Crippen LogP contribution is -2.29. The van der Waals surface area contributed by atoms with Crippen LogP contribution in [0.5, 0.6) is 0 Å². The second-order valence-electron chi connectivity index (χ2n) is 4.97. The predicted octanol–water partition coefficient (Wildman–Crippen LogP) is 2.22. The molecule has 0 aliphatic carbocycles.